The minimum atomic E-state index is -1.62. The zero-order valence-corrected chi connectivity index (χ0v) is 18.0. The lowest BCUT2D eigenvalue weighted by atomic mass is 10.0. The molecule has 0 aliphatic heterocycles. The fourth-order valence-corrected chi connectivity index (χ4v) is 2.93. The summed E-state index contributed by atoms with van der Waals surface area (Å²) in [4.78, 5) is 55.0. The smallest absolute Gasteiger partial charge is 0.376 e. The lowest BCUT2D eigenvalue weighted by Crippen LogP contribution is -2.20. The van der Waals surface area contributed by atoms with E-state index in [1.54, 1.807) is 6.92 Å². The highest BCUT2D eigenvalue weighted by atomic mass is 16.6. The topological polar surface area (TPSA) is 202 Å². The van der Waals surface area contributed by atoms with E-state index in [9.17, 15) is 29.6 Å². The number of aromatic nitrogens is 5. The Balaban J connectivity index is 2.06. The largest absolute Gasteiger partial charge is 0.493 e. The van der Waals surface area contributed by atoms with Crippen LogP contribution < -0.4 is 9.47 Å². The number of nitrogens with zero attached hydrogens (tertiary/aromatic N) is 5. The Labute approximate surface area is 190 Å². The van der Waals surface area contributed by atoms with Gasteiger partial charge < -0.3 is 24.3 Å². The van der Waals surface area contributed by atoms with E-state index in [2.05, 4.69) is 20.2 Å². The number of aromatic amines is 1. The molecule has 15 nitrogen and oxygen atoms in total. The van der Waals surface area contributed by atoms with Gasteiger partial charge in [0.2, 0.25) is 23.5 Å². The summed E-state index contributed by atoms with van der Waals surface area (Å²) in [6.07, 6.45) is 1.64. The highest BCUT2D eigenvalue weighted by molar-refractivity contribution is 6.14. The van der Waals surface area contributed by atoms with Gasteiger partial charge in [0.15, 0.2) is 17.2 Å². The molecule has 1 atom stereocenters. The zero-order chi connectivity index (χ0) is 25.0. The van der Waals surface area contributed by atoms with Gasteiger partial charge in [0.1, 0.15) is 5.56 Å². The summed E-state index contributed by atoms with van der Waals surface area (Å²) in [5.41, 5.74) is -2.65. The summed E-state index contributed by atoms with van der Waals surface area (Å²) in [5, 5.41) is 28.8. The Morgan fingerprint density at radius 1 is 1.18 bits per heavy atom. The van der Waals surface area contributed by atoms with Gasteiger partial charge in [0.25, 0.3) is 5.69 Å². The molecule has 0 amide bonds. The lowest BCUT2D eigenvalue weighted by Gasteiger charge is -2.14. The molecule has 2 heterocycles. The van der Waals surface area contributed by atoms with E-state index in [4.69, 9.17) is 14.2 Å². The molecular weight excluding hydrogens is 456 g/mol. The van der Waals surface area contributed by atoms with E-state index < -0.39 is 51.5 Å². The summed E-state index contributed by atoms with van der Waals surface area (Å²) in [5.74, 6) is -3.72. The minimum Gasteiger partial charge on any atom is -0.493 e. The van der Waals surface area contributed by atoms with Gasteiger partial charge in [-0.3, -0.25) is 14.9 Å². The Morgan fingerprint density at radius 3 is 2.35 bits per heavy atom. The van der Waals surface area contributed by atoms with Gasteiger partial charge in [-0.2, -0.15) is 0 Å². The van der Waals surface area contributed by atoms with E-state index in [1.165, 1.54) is 26.6 Å². The molecule has 0 radical (unpaired) electrons. The fraction of sp³-hybridized carbons (Fsp3) is 0.263. The van der Waals surface area contributed by atoms with E-state index >= 15 is 0 Å². The van der Waals surface area contributed by atoms with Gasteiger partial charge in [-0.15, -0.1) is 15.0 Å². The molecule has 15 heteroatoms. The molecule has 0 aliphatic rings. The molecule has 0 spiro atoms. The number of ether oxygens (including phenoxy) is 3. The van der Waals surface area contributed by atoms with Gasteiger partial charge in [-0.05, 0) is 0 Å². The van der Waals surface area contributed by atoms with Crippen LogP contribution in [0.15, 0.2) is 24.5 Å². The average Bonchev–Trinajstić information content (AvgIpc) is 3.51. The summed E-state index contributed by atoms with van der Waals surface area (Å²) in [6, 6.07) is 2.01. The number of hydrogen-bond acceptors (Lipinski definition) is 11. The molecule has 2 aromatic heterocycles. The number of nitro benzene ring substituents is 1. The Morgan fingerprint density at radius 2 is 1.82 bits per heavy atom. The van der Waals surface area contributed by atoms with Crippen LogP contribution in [0.3, 0.4) is 0 Å². The first-order valence-corrected chi connectivity index (χ1v) is 9.57. The summed E-state index contributed by atoms with van der Waals surface area (Å²) >= 11 is 0. The number of carbonyl (C=O) groups excluding carboxylic acids is 2. The maximum Gasteiger partial charge on any atom is 0.376 e. The van der Waals surface area contributed by atoms with Crippen LogP contribution in [0.2, 0.25) is 0 Å². The van der Waals surface area contributed by atoms with Gasteiger partial charge >= 0.3 is 11.9 Å². The predicted molar refractivity (Wildman–Crippen MR) is 110 cm³/mol. The number of nitrogens with one attached hydrogen (secondary N) is 1. The molecule has 1 aromatic carbocycles. The maximum absolute atomic E-state index is 13.2. The van der Waals surface area contributed by atoms with Crippen LogP contribution >= 0.6 is 0 Å². The molecule has 178 valence electrons. The van der Waals surface area contributed by atoms with Crippen LogP contribution in [0.25, 0.3) is 0 Å². The maximum atomic E-state index is 13.2. The van der Waals surface area contributed by atoms with Gasteiger partial charge in [0, 0.05) is 24.9 Å². The second-order valence-corrected chi connectivity index (χ2v) is 6.54. The lowest BCUT2D eigenvalue weighted by molar-refractivity contribution is -0.385. The fourth-order valence-electron chi connectivity index (χ4n) is 2.93. The van der Waals surface area contributed by atoms with Crippen LogP contribution in [0, 0.1) is 10.1 Å². The van der Waals surface area contributed by atoms with Crippen molar-refractivity contribution >= 4 is 23.4 Å². The number of benzene rings is 1. The number of rotatable bonds is 10. The first-order valence-electron chi connectivity index (χ1n) is 9.57. The monoisotopic (exact) mass is 474 g/mol. The van der Waals surface area contributed by atoms with Gasteiger partial charge in [-0.1, -0.05) is 6.92 Å². The van der Waals surface area contributed by atoms with Crippen molar-refractivity contribution in [3.8, 4) is 11.5 Å². The number of H-pyrrole nitrogens is 1. The second-order valence-electron chi connectivity index (χ2n) is 6.54. The predicted octanol–water partition coefficient (Wildman–Crippen LogP) is 1.62. The summed E-state index contributed by atoms with van der Waals surface area (Å²) < 4.78 is 15.4. The number of methoxy groups -OCH3 is 2. The van der Waals surface area contributed by atoms with Crippen molar-refractivity contribution in [3.63, 3.8) is 0 Å². The van der Waals surface area contributed by atoms with Crippen molar-refractivity contribution in [2.24, 2.45) is 0 Å². The third kappa shape index (κ3) is 4.52. The number of aromatic carboxylic acids is 1. The number of carboxylic acids is 1. The molecule has 0 bridgehead atoms. The number of hydrogen-bond donors (Lipinski definition) is 2. The zero-order valence-electron chi connectivity index (χ0n) is 18.0. The number of imidazole rings is 1. The molecule has 34 heavy (non-hydrogen) atoms. The molecule has 0 saturated carbocycles. The Kier molecular flexibility index (Phi) is 6.84. The van der Waals surface area contributed by atoms with Crippen molar-refractivity contribution in [2.75, 3.05) is 14.2 Å². The molecule has 3 aromatic rings. The normalized spacial score (nSPS) is 11.5. The number of esters is 1. The third-order valence-corrected chi connectivity index (χ3v) is 4.53. The molecular formula is C19H18N6O9. The van der Waals surface area contributed by atoms with Crippen molar-refractivity contribution in [3.05, 3.63) is 57.4 Å². The Hall–Kier alpha value is -4.82. The van der Waals surface area contributed by atoms with E-state index in [0.717, 1.165) is 16.9 Å². The second kappa shape index (κ2) is 9.76. The highest BCUT2D eigenvalue weighted by Gasteiger charge is 2.33. The molecule has 2 N–H and O–H groups in total. The minimum absolute atomic E-state index is 0.000436. The first kappa shape index (κ1) is 23.8. The highest BCUT2D eigenvalue weighted by Crippen LogP contribution is 2.35. The molecule has 1 unspecified atom stereocenters. The average molecular weight is 474 g/mol. The first-order chi connectivity index (χ1) is 16.2. The third-order valence-electron chi connectivity index (χ3n) is 4.53. The van der Waals surface area contributed by atoms with E-state index in [1.807, 2.05) is 0 Å². The number of carbonyl (C=O) groups is 3. The van der Waals surface area contributed by atoms with Crippen LogP contribution in [0.4, 0.5) is 5.69 Å². The van der Waals surface area contributed by atoms with Crippen molar-refractivity contribution < 1.29 is 38.6 Å². The van der Waals surface area contributed by atoms with E-state index in [0.29, 0.717) is 0 Å². The summed E-state index contributed by atoms with van der Waals surface area (Å²) in [7, 11) is 2.52. The summed E-state index contributed by atoms with van der Waals surface area (Å²) in [6.45, 7) is 1.60. The van der Waals surface area contributed by atoms with Crippen molar-refractivity contribution in [2.45, 2.75) is 19.6 Å². The molecule has 0 aliphatic carbocycles. The molecule has 3 rings (SSSR count). The van der Waals surface area contributed by atoms with Crippen LogP contribution in [-0.2, 0) is 4.74 Å². The number of ketones is 1. The number of carboxylic acid groups (broad SMARTS) is 1. The van der Waals surface area contributed by atoms with Gasteiger partial charge in [0.05, 0.1) is 25.2 Å². The SMILES string of the molecule is CCC(OC(=O)c1ncc[nH]1)n1nc(C(=O)O)c(C(=O)c2cc(OC)c(OC)cc2[N+](=O)[O-])n1. The van der Waals surface area contributed by atoms with Crippen LogP contribution in [0.1, 0.15) is 56.7 Å². The quantitative estimate of drug-likeness (QED) is 0.186. The van der Waals surface area contributed by atoms with Crippen LogP contribution in [0.5, 0.6) is 11.5 Å². The molecule has 0 fully saturated rings. The van der Waals surface area contributed by atoms with Crippen molar-refractivity contribution in [1.29, 1.82) is 0 Å². The van der Waals surface area contributed by atoms with Crippen LogP contribution in [-0.4, -0.2) is 66.9 Å². The van der Waals surface area contributed by atoms with E-state index in [-0.39, 0.29) is 23.7 Å². The van der Waals surface area contributed by atoms with Gasteiger partial charge in [-0.25, -0.2) is 14.6 Å². The van der Waals surface area contributed by atoms with Crippen molar-refractivity contribution in [1.82, 2.24) is 25.0 Å². The number of nitro groups is 1. The molecule has 0 saturated heterocycles. The standard InChI is InChI=1S/C19H18N6O9/c1-4-13(34-19(29)17-20-5-6-21-17)24-22-14(15(23-24)18(27)28)16(26)9-7-11(32-2)12(33-3)8-10(9)25(30)31/h5-8,13H,4H2,1-3H3,(H,20,21)(H,27,28). The Bertz CT molecular complexity index is 1250.